The van der Waals surface area contributed by atoms with E-state index in [2.05, 4.69) is 21.2 Å². The molecule has 0 atom stereocenters. The van der Waals surface area contributed by atoms with Crippen LogP contribution in [0.1, 0.15) is 28.4 Å². The lowest BCUT2D eigenvalue weighted by Gasteiger charge is -2.27. The summed E-state index contributed by atoms with van der Waals surface area (Å²) in [7, 11) is -3.67. The van der Waals surface area contributed by atoms with Crippen molar-refractivity contribution < 1.29 is 17.9 Å². The molecular formula is C20H23BrN2O4S. The van der Waals surface area contributed by atoms with E-state index in [1.165, 1.54) is 10.4 Å². The molecule has 8 heteroatoms. The largest absolute Gasteiger partial charge is 0.379 e. The Hall–Kier alpha value is -1.74. The van der Waals surface area contributed by atoms with Crippen molar-refractivity contribution in [2.45, 2.75) is 24.8 Å². The number of hydrogen-bond donors (Lipinski definition) is 1. The highest BCUT2D eigenvalue weighted by Crippen LogP contribution is 2.23. The van der Waals surface area contributed by atoms with E-state index in [1.54, 1.807) is 12.1 Å². The van der Waals surface area contributed by atoms with Crippen molar-refractivity contribution >= 4 is 31.9 Å². The van der Waals surface area contributed by atoms with Gasteiger partial charge in [0.15, 0.2) is 0 Å². The molecule has 1 aliphatic rings. The van der Waals surface area contributed by atoms with E-state index in [4.69, 9.17) is 4.74 Å². The molecule has 1 amide bonds. The summed E-state index contributed by atoms with van der Waals surface area (Å²) in [6.45, 7) is 3.68. The van der Waals surface area contributed by atoms with Crippen molar-refractivity contribution in [1.29, 1.82) is 0 Å². The average Bonchev–Trinajstić information content (AvgIpc) is 2.72. The van der Waals surface area contributed by atoms with Crippen LogP contribution in [-0.4, -0.2) is 44.9 Å². The maximum absolute atomic E-state index is 13.1. The third-order valence-electron chi connectivity index (χ3n) is 4.64. The molecule has 0 spiro atoms. The summed E-state index contributed by atoms with van der Waals surface area (Å²) < 4.78 is 33.8. The number of morpholine rings is 1. The molecular weight excluding hydrogens is 444 g/mol. The molecule has 1 N–H and O–H groups in total. The van der Waals surface area contributed by atoms with Gasteiger partial charge in [0.2, 0.25) is 10.0 Å². The zero-order chi connectivity index (χ0) is 20.1. The molecule has 0 bridgehead atoms. The predicted molar refractivity (Wildman–Crippen MR) is 111 cm³/mol. The van der Waals surface area contributed by atoms with E-state index in [9.17, 15) is 13.2 Å². The van der Waals surface area contributed by atoms with Gasteiger partial charge in [0.25, 0.3) is 5.91 Å². The first-order chi connectivity index (χ1) is 13.4. The van der Waals surface area contributed by atoms with Crippen LogP contribution in [0.2, 0.25) is 0 Å². The van der Waals surface area contributed by atoms with E-state index in [0.717, 1.165) is 10.0 Å². The number of benzene rings is 2. The zero-order valence-electron chi connectivity index (χ0n) is 15.7. The van der Waals surface area contributed by atoms with E-state index >= 15 is 0 Å². The number of hydrogen-bond acceptors (Lipinski definition) is 4. The Kier molecular flexibility index (Phi) is 6.87. The summed E-state index contributed by atoms with van der Waals surface area (Å²) in [6, 6.07) is 12.5. The first-order valence-corrected chi connectivity index (χ1v) is 11.4. The Morgan fingerprint density at radius 2 is 1.93 bits per heavy atom. The second-order valence-corrected chi connectivity index (χ2v) is 9.33. The minimum absolute atomic E-state index is 0.201. The molecule has 2 aromatic rings. The van der Waals surface area contributed by atoms with Gasteiger partial charge < -0.3 is 10.1 Å². The van der Waals surface area contributed by atoms with Crippen molar-refractivity contribution in [3.8, 4) is 0 Å². The molecule has 0 unspecified atom stereocenters. The van der Waals surface area contributed by atoms with Crippen LogP contribution in [0.5, 0.6) is 0 Å². The lowest BCUT2D eigenvalue weighted by atomic mass is 10.1. The van der Waals surface area contributed by atoms with Crippen molar-refractivity contribution in [2.24, 2.45) is 0 Å². The first kappa shape index (κ1) is 21.0. The van der Waals surface area contributed by atoms with E-state index in [-0.39, 0.29) is 10.8 Å². The molecule has 0 saturated carbocycles. The quantitative estimate of drug-likeness (QED) is 0.709. The van der Waals surface area contributed by atoms with Crippen molar-refractivity contribution in [1.82, 2.24) is 9.62 Å². The Bertz CT molecular complexity index is 956. The molecule has 150 valence electrons. The maximum Gasteiger partial charge on any atom is 0.251 e. The highest BCUT2D eigenvalue weighted by Gasteiger charge is 2.29. The van der Waals surface area contributed by atoms with Gasteiger partial charge in [-0.3, -0.25) is 4.79 Å². The number of nitrogens with zero attached hydrogens (tertiary/aromatic N) is 1. The molecule has 28 heavy (non-hydrogen) atoms. The molecule has 1 saturated heterocycles. The minimum atomic E-state index is -3.67. The van der Waals surface area contributed by atoms with Gasteiger partial charge in [-0.05, 0) is 41.8 Å². The van der Waals surface area contributed by atoms with Gasteiger partial charge in [0.1, 0.15) is 0 Å². The van der Waals surface area contributed by atoms with Gasteiger partial charge in [-0.1, -0.05) is 41.1 Å². The fourth-order valence-electron chi connectivity index (χ4n) is 3.09. The Morgan fingerprint density at radius 3 is 2.61 bits per heavy atom. The normalized spacial score (nSPS) is 15.4. The fraction of sp³-hybridized carbons (Fsp3) is 0.350. The summed E-state index contributed by atoms with van der Waals surface area (Å²) >= 11 is 3.41. The number of rotatable bonds is 6. The summed E-state index contributed by atoms with van der Waals surface area (Å²) in [5, 5.41) is 2.85. The molecule has 2 aromatic carbocycles. The smallest absolute Gasteiger partial charge is 0.251 e. The summed E-state index contributed by atoms with van der Waals surface area (Å²) in [4.78, 5) is 12.8. The number of halogens is 1. The fourth-order valence-corrected chi connectivity index (χ4v) is 5.26. The number of sulfonamides is 1. The average molecular weight is 467 g/mol. The van der Waals surface area contributed by atoms with Gasteiger partial charge in [-0.2, -0.15) is 4.31 Å². The highest BCUT2D eigenvalue weighted by molar-refractivity contribution is 9.10. The first-order valence-electron chi connectivity index (χ1n) is 9.15. The molecule has 0 radical (unpaired) electrons. The third-order valence-corrected chi connectivity index (χ3v) is 7.11. The van der Waals surface area contributed by atoms with Crippen molar-refractivity contribution in [2.75, 3.05) is 26.3 Å². The van der Waals surface area contributed by atoms with Crippen molar-refractivity contribution in [3.05, 3.63) is 63.6 Å². The Labute approximate surface area is 174 Å². The molecule has 0 aromatic heterocycles. The maximum atomic E-state index is 13.1. The number of amides is 1. The summed E-state index contributed by atoms with van der Waals surface area (Å²) in [5.74, 6) is -0.305. The second kappa shape index (κ2) is 9.17. The van der Waals surface area contributed by atoms with E-state index in [1.807, 2.05) is 31.2 Å². The lowest BCUT2D eigenvalue weighted by Crippen LogP contribution is -2.41. The molecule has 1 fully saturated rings. The van der Waals surface area contributed by atoms with Crippen LogP contribution >= 0.6 is 15.9 Å². The van der Waals surface area contributed by atoms with Gasteiger partial charge >= 0.3 is 0 Å². The Balaban J connectivity index is 1.82. The monoisotopic (exact) mass is 466 g/mol. The molecule has 0 aliphatic carbocycles. The van der Waals surface area contributed by atoms with Gasteiger partial charge in [-0.15, -0.1) is 0 Å². The standard InChI is InChI=1S/C20H23BrN2O4S/c1-2-16-6-7-17(20(24)22-14-15-4-3-5-18(21)12-15)13-19(16)28(25,26)23-8-10-27-11-9-23/h3-7,12-13H,2,8-11,14H2,1H3,(H,22,24). The number of carbonyl (C=O) groups is 1. The van der Waals surface area contributed by atoms with Crippen LogP contribution in [0.25, 0.3) is 0 Å². The topological polar surface area (TPSA) is 75.7 Å². The number of nitrogens with one attached hydrogen (secondary N) is 1. The molecule has 3 rings (SSSR count). The summed E-state index contributed by atoms with van der Waals surface area (Å²) in [6.07, 6.45) is 0.568. The van der Waals surface area contributed by atoms with E-state index in [0.29, 0.717) is 50.4 Å². The molecule has 1 heterocycles. The predicted octanol–water partition coefficient (Wildman–Crippen LogP) is 2.96. The lowest BCUT2D eigenvalue weighted by molar-refractivity contribution is 0.0730. The third kappa shape index (κ3) is 4.81. The number of aryl methyl sites for hydroxylation is 1. The van der Waals surface area contributed by atoms with Crippen LogP contribution in [-0.2, 0) is 27.7 Å². The summed E-state index contributed by atoms with van der Waals surface area (Å²) in [5.41, 5.74) is 1.99. The van der Waals surface area contributed by atoms with Crippen LogP contribution in [0.3, 0.4) is 0 Å². The van der Waals surface area contributed by atoms with Crippen molar-refractivity contribution in [3.63, 3.8) is 0 Å². The van der Waals surface area contributed by atoms with Crippen LogP contribution in [0.4, 0.5) is 0 Å². The molecule has 1 aliphatic heterocycles. The number of ether oxygens (including phenoxy) is 1. The number of carbonyl (C=O) groups excluding carboxylic acids is 1. The minimum Gasteiger partial charge on any atom is -0.379 e. The van der Waals surface area contributed by atoms with Crippen LogP contribution in [0.15, 0.2) is 51.8 Å². The SMILES string of the molecule is CCc1ccc(C(=O)NCc2cccc(Br)c2)cc1S(=O)(=O)N1CCOCC1. The van der Waals surface area contributed by atoms with Crippen LogP contribution < -0.4 is 5.32 Å². The van der Waals surface area contributed by atoms with Gasteiger partial charge in [-0.25, -0.2) is 8.42 Å². The van der Waals surface area contributed by atoms with E-state index < -0.39 is 10.0 Å². The van der Waals surface area contributed by atoms with Crippen LogP contribution in [0, 0.1) is 0 Å². The second-order valence-electron chi connectivity index (χ2n) is 6.51. The van der Waals surface area contributed by atoms with Gasteiger partial charge in [0.05, 0.1) is 18.1 Å². The molecule has 6 nitrogen and oxygen atoms in total. The Morgan fingerprint density at radius 1 is 1.18 bits per heavy atom. The highest BCUT2D eigenvalue weighted by atomic mass is 79.9. The zero-order valence-corrected chi connectivity index (χ0v) is 18.1. The van der Waals surface area contributed by atoms with Gasteiger partial charge in [0, 0.05) is 29.7 Å².